The fourth-order valence-corrected chi connectivity index (χ4v) is 3.29. The molecule has 1 N–H and O–H groups in total. The summed E-state index contributed by atoms with van der Waals surface area (Å²) >= 11 is 0. The van der Waals surface area contributed by atoms with Gasteiger partial charge in [-0.2, -0.15) is 5.10 Å². The molecule has 2 heterocycles. The SMILES string of the molecule is COc1ccc(CN2CCC(CNC(=O)c3ccc(=O)n(C)n3)CC2)cc1. The van der Waals surface area contributed by atoms with Crippen LogP contribution in [0.4, 0.5) is 0 Å². The van der Waals surface area contributed by atoms with Gasteiger partial charge in [0.05, 0.1) is 7.11 Å². The van der Waals surface area contributed by atoms with Gasteiger partial charge in [-0.05, 0) is 55.6 Å². The maximum atomic E-state index is 12.2. The van der Waals surface area contributed by atoms with Crippen molar-refractivity contribution in [1.29, 1.82) is 0 Å². The second-order valence-corrected chi connectivity index (χ2v) is 6.96. The molecule has 0 bridgehead atoms. The van der Waals surface area contributed by atoms with Crippen LogP contribution in [0.1, 0.15) is 28.9 Å². The van der Waals surface area contributed by atoms with E-state index in [4.69, 9.17) is 4.74 Å². The molecule has 1 aromatic carbocycles. The van der Waals surface area contributed by atoms with Crippen LogP contribution in [0.5, 0.6) is 5.75 Å². The highest BCUT2D eigenvalue weighted by Crippen LogP contribution is 2.19. The Kier molecular flexibility index (Phi) is 6.24. The van der Waals surface area contributed by atoms with E-state index in [1.807, 2.05) is 12.1 Å². The Labute approximate surface area is 158 Å². The lowest BCUT2D eigenvalue weighted by Crippen LogP contribution is -2.38. The van der Waals surface area contributed by atoms with Crippen molar-refractivity contribution in [2.45, 2.75) is 19.4 Å². The van der Waals surface area contributed by atoms with Crippen molar-refractivity contribution >= 4 is 5.91 Å². The lowest BCUT2D eigenvalue weighted by atomic mass is 9.96. The molecule has 144 valence electrons. The molecule has 2 aromatic rings. The number of aryl methyl sites for hydroxylation is 1. The van der Waals surface area contributed by atoms with Crippen LogP contribution in [-0.2, 0) is 13.6 Å². The third-order valence-electron chi connectivity index (χ3n) is 5.02. The zero-order valence-electron chi connectivity index (χ0n) is 15.9. The number of aromatic nitrogens is 2. The molecule has 0 saturated carbocycles. The monoisotopic (exact) mass is 370 g/mol. The zero-order valence-corrected chi connectivity index (χ0v) is 15.9. The van der Waals surface area contributed by atoms with Crippen molar-refractivity contribution in [1.82, 2.24) is 20.0 Å². The summed E-state index contributed by atoms with van der Waals surface area (Å²) in [5.74, 6) is 1.11. The lowest BCUT2D eigenvalue weighted by molar-refractivity contribution is 0.0928. The number of carbonyl (C=O) groups excluding carboxylic acids is 1. The van der Waals surface area contributed by atoms with E-state index in [9.17, 15) is 9.59 Å². The van der Waals surface area contributed by atoms with E-state index in [-0.39, 0.29) is 17.2 Å². The Morgan fingerprint density at radius 1 is 1.19 bits per heavy atom. The number of methoxy groups -OCH3 is 1. The summed E-state index contributed by atoms with van der Waals surface area (Å²) in [5.41, 5.74) is 1.33. The molecule has 0 aliphatic carbocycles. The van der Waals surface area contributed by atoms with Gasteiger partial charge in [-0.15, -0.1) is 0 Å². The molecule has 27 heavy (non-hydrogen) atoms. The predicted molar refractivity (Wildman–Crippen MR) is 103 cm³/mol. The molecule has 7 nitrogen and oxygen atoms in total. The van der Waals surface area contributed by atoms with Crippen LogP contribution in [0.3, 0.4) is 0 Å². The van der Waals surface area contributed by atoms with Gasteiger partial charge in [0.1, 0.15) is 11.4 Å². The molecule has 0 spiro atoms. The molecule has 0 radical (unpaired) electrons. The fraction of sp³-hybridized carbons (Fsp3) is 0.450. The first kappa shape index (κ1) is 19.1. The average molecular weight is 370 g/mol. The van der Waals surface area contributed by atoms with Crippen molar-refractivity contribution in [3.8, 4) is 5.75 Å². The minimum atomic E-state index is -0.230. The maximum Gasteiger partial charge on any atom is 0.271 e. The number of carbonyl (C=O) groups is 1. The fourth-order valence-electron chi connectivity index (χ4n) is 3.29. The molecule has 1 amide bonds. The first-order valence-electron chi connectivity index (χ1n) is 9.23. The van der Waals surface area contributed by atoms with E-state index in [1.54, 1.807) is 7.11 Å². The molecule has 1 aliphatic rings. The molecule has 1 aliphatic heterocycles. The highest BCUT2D eigenvalue weighted by atomic mass is 16.5. The number of rotatable bonds is 6. The Hall–Kier alpha value is -2.67. The molecule has 1 fully saturated rings. The smallest absolute Gasteiger partial charge is 0.271 e. The Balaban J connectivity index is 1.43. The number of benzene rings is 1. The number of ether oxygens (including phenoxy) is 1. The van der Waals surface area contributed by atoms with E-state index >= 15 is 0 Å². The average Bonchev–Trinajstić information content (AvgIpc) is 2.70. The molecule has 3 rings (SSSR count). The molecular formula is C20H26N4O3. The summed E-state index contributed by atoms with van der Waals surface area (Å²) < 4.78 is 6.37. The van der Waals surface area contributed by atoms with Crippen molar-refractivity contribution in [2.24, 2.45) is 13.0 Å². The molecule has 0 atom stereocenters. The van der Waals surface area contributed by atoms with Crippen LogP contribution >= 0.6 is 0 Å². The zero-order chi connectivity index (χ0) is 19.2. The summed E-state index contributed by atoms with van der Waals surface area (Å²) in [5, 5.41) is 6.93. The van der Waals surface area contributed by atoms with Gasteiger partial charge in [-0.1, -0.05) is 12.1 Å². The highest BCUT2D eigenvalue weighted by Gasteiger charge is 2.20. The molecule has 1 saturated heterocycles. The van der Waals surface area contributed by atoms with E-state index in [1.165, 1.54) is 29.4 Å². The van der Waals surface area contributed by atoms with Gasteiger partial charge < -0.3 is 10.1 Å². The molecule has 0 unspecified atom stereocenters. The number of hydrogen-bond donors (Lipinski definition) is 1. The third kappa shape index (κ3) is 5.17. The van der Waals surface area contributed by atoms with Gasteiger partial charge >= 0.3 is 0 Å². The summed E-state index contributed by atoms with van der Waals surface area (Å²) in [6.45, 7) is 3.61. The topological polar surface area (TPSA) is 76.5 Å². The second-order valence-electron chi connectivity index (χ2n) is 6.96. The van der Waals surface area contributed by atoms with Gasteiger partial charge in [0, 0.05) is 26.2 Å². The first-order valence-corrected chi connectivity index (χ1v) is 9.23. The van der Waals surface area contributed by atoms with Gasteiger partial charge in [-0.3, -0.25) is 14.5 Å². The Morgan fingerprint density at radius 3 is 2.52 bits per heavy atom. The Bertz CT molecular complexity index is 824. The van der Waals surface area contributed by atoms with Gasteiger partial charge in [0.2, 0.25) is 0 Å². The van der Waals surface area contributed by atoms with Crippen molar-refractivity contribution in [3.63, 3.8) is 0 Å². The second kappa shape index (κ2) is 8.81. The molecule has 1 aromatic heterocycles. The van der Waals surface area contributed by atoms with Gasteiger partial charge in [0.25, 0.3) is 11.5 Å². The molecule has 7 heteroatoms. The van der Waals surface area contributed by atoms with Gasteiger partial charge in [-0.25, -0.2) is 4.68 Å². The number of amides is 1. The number of likely N-dealkylation sites (tertiary alicyclic amines) is 1. The van der Waals surface area contributed by atoms with E-state index in [0.717, 1.165) is 38.2 Å². The van der Waals surface area contributed by atoms with E-state index < -0.39 is 0 Å². The summed E-state index contributed by atoms with van der Waals surface area (Å²) in [7, 11) is 3.21. The van der Waals surface area contributed by atoms with Crippen molar-refractivity contribution in [2.75, 3.05) is 26.7 Å². The number of hydrogen-bond acceptors (Lipinski definition) is 5. The van der Waals surface area contributed by atoms with Crippen LogP contribution < -0.4 is 15.6 Å². The quantitative estimate of drug-likeness (QED) is 0.833. The van der Waals surface area contributed by atoms with Crippen molar-refractivity contribution < 1.29 is 9.53 Å². The highest BCUT2D eigenvalue weighted by molar-refractivity contribution is 5.91. The summed E-state index contributed by atoms with van der Waals surface area (Å²) in [6, 6.07) is 11.0. The minimum absolute atomic E-state index is 0.226. The van der Waals surface area contributed by atoms with Crippen LogP contribution in [0.25, 0.3) is 0 Å². The van der Waals surface area contributed by atoms with E-state index in [0.29, 0.717) is 12.5 Å². The largest absolute Gasteiger partial charge is 0.497 e. The summed E-state index contributed by atoms with van der Waals surface area (Å²) in [6.07, 6.45) is 2.11. The Morgan fingerprint density at radius 2 is 1.89 bits per heavy atom. The number of piperidine rings is 1. The van der Waals surface area contributed by atoms with Crippen LogP contribution in [0.15, 0.2) is 41.2 Å². The maximum absolute atomic E-state index is 12.2. The minimum Gasteiger partial charge on any atom is -0.497 e. The normalized spacial score (nSPS) is 15.5. The summed E-state index contributed by atoms with van der Waals surface area (Å²) in [4.78, 5) is 26.0. The third-order valence-corrected chi connectivity index (χ3v) is 5.02. The number of nitrogens with zero attached hydrogens (tertiary/aromatic N) is 3. The van der Waals surface area contributed by atoms with Crippen LogP contribution in [-0.4, -0.2) is 47.3 Å². The first-order chi connectivity index (χ1) is 13.0. The number of nitrogens with one attached hydrogen (secondary N) is 1. The lowest BCUT2D eigenvalue weighted by Gasteiger charge is -2.32. The van der Waals surface area contributed by atoms with E-state index in [2.05, 4.69) is 27.4 Å². The predicted octanol–water partition coefficient (Wildman–Crippen LogP) is 1.43. The van der Waals surface area contributed by atoms with Crippen molar-refractivity contribution in [3.05, 3.63) is 58.0 Å². The molecular weight excluding hydrogens is 344 g/mol. The van der Waals surface area contributed by atoms with Crippen LogP contribution in [0, 0.1) is 5.92 Å². The van der Waals surface area contributed by atoms with Gasteiger partial charge in [0.15, 0.2) is 0 Å². The standard InChI is InChI=1S/C20H26N4O3/c1-23-19(25)8-7-18(22-23)20(26)21-13-15-9-11-24(12-10-15)14-16-3-5-17(27-2)6-4-16/h3-8,15H,9-14H2,1-2H3,(H,21,26). The van der Waals surface area contributed by atoms with Crippen LogP contribution in [0.2, 0.25) is 0 Å².